The molecule has 2 N–H and O–H groups in total. The van der Waals surface area contributed by atoms with E-state index in [1.54, 1.807) is 42.7 Å². The highest BCUT2D eigenvalue weighted by Crippen LogP contribution is 2.31. The Labute approximate surface area is 161 Å². The van der Waals surface area contributed by atoms with Gasteiger partial charge in [-0.1, -0.05) is 6.07 Å². The molecular weight excluding hydrogens is 386 g/mol. The van der Waals surface area contributed by atoms with E-state index in [-0.39, 0.29) is 10.8 Å². The fourth-order valence-electron chi connectivity index (χ4n) is 2.48. The molecule has 2 aromatic heterocycles. The van der Waals surface area contributed by atoms with E-state index in [0.29, 0.717) is 12.2 Å². The van der Waals surface area contributed by atoms with Crippen molar-refractivity contribution in [1.29, 1.82) is 0 Å². The number of thiophene rings is 1. The van der Waals surface area contributed by atoms with Gasteiger partial charge in [-0.2, -0.15) is 8.42 Å². The SMILES string of the molecule is O=S(=O)(O)c1ccc(-c2ccc(OCC(O)CCc3cccnc3)cc2)s1. The van der Waals surface area contributed by atoms with Gasteiger partial charge in [-0.25, -0.2) is 0 Å². The third-order valence-electron chi connectivity index (χ3n) is 3.91. The lowest BCUT2D eigenvalue weighted by Crippen LogP contribution is -2.18. The zero-order chi connectivity index (χ0) is 19.3. The van der Waals surface area contributed by atoms with E-state index in [9.17, 15) is 13.5 Å². The molecule has 0 saturated carbocycles. The van der Waals surface area contributed by atoms with Gasteiger partial charge in [0, 0.05) is 17.3 Å². The van der Waals surface area contributed by atoms with Crippen LogP contribution in [0.4, 0.5) is 0 Å². The number of benzene rings is 1. The zero-order valence-electron chi connectivity index (χ0n) is 14.4. The molecule has 0 bridgehead atoms. The maximum Gasteiger partial charge on any atom is 0.304 e. The Bertz CT molecular complexity index is 969. The second-order valence-electron chi connectivity index (χ2n) is 5.98. The van der Waals surface area contributed by atoms with Crippen molar-refractivity contribution in [2.45, 2.75) is 23.2 Å². The molecule has 0 aliphatic heterocycles. The van der Waals surface area contributed by atoms with Crippen LogP contribution in [0.15, 0.2) is 65.1 Å². The molecule has 2 heterocycles. The minimum absolute atomic E-state index is 0.0884. The number of aliphatic hydroxyl groups is 1. The van der Waals surface area contributed by atoms with Crippen LogP contribution in [0.3, 0.4) is 0 Å². The molecular formula is C19H19NO5S2. The summed E-state index contributed by atoms with van der Waals surface area (Å²) in [5, 5.41) is 10.1. The second-order valence-corrected chi connectivity index (χ2v) is 8.72. The van der Waals surface area contributed by atoms with Crippen molar-refractivity contribution in [3.63, 3.8) is 0 Å². The predicted octanol–water partition coefficient (Wildman–Crippen LogP) is 3.43. The summed E-state index contributed by atoms with van der Waals surface area (Å²) in [7, 11) is -4.18. The number of aliphatic hydroxyl groups excluding tert-OH is 1. The summed E-state index contributed by atoms with van der Waals surface area (Å²) < 4.78 is 36.9. The Kier molecular flexibility index (Phi) is 6.22. The number of aromatic nitrogens is 1. The summed E-state index contributed by atoms with van der Waals surface area (Å²) >= 11 is 0.998. The summed E-state index contributed by atoms with van der Waals surface area (Å²) in [5.41, 5.74) is 1.89. The van der Waals surface area contributed by atoms with Gasteiger partial charge in [-0.3, -0.25) is 9.54 Å². The van der Waals surface area contributed by atoms with Crippen LogP contribution >= 0.6 is 11.3 Å². The van der Waals surface area contributed by atoms with Crippen molar-refractivity contribution >= 4 is 21.5 Å². The van der Waals surface area contributed by atoms with Gasteiger partial charge in [0.2, 0.25) is 0 Å². The molecule has 3 rings (SSSR count). The number of hydrogen-bond donors (Lipinski definition) is 2. The highest BCUT2D eigenvalue weighted by atomic mass is 32.3. The summed E-state index contributed by atoms with van der Waals surface area (Å²) in [6, 6.07) is 14.0. The Morgan fingerprint density at radius 2 is 1.89 bits per heavy atom. The minimum Gasteiger partial charge on any atom is -0.491 e. The molecule has 27 heavy (non-hydrogen) atoms. The lowest BCUT2D eigenvalue weighted by atomic mass is 10.1. The Morgan fingerprint density at radius 3 is 2.52 bits per heavy atom. The van der Waals surface area contributed by atoms with E-state index >= 15 is 0 Å². The molecule has 0 fully saturated rings. The van der Waals surface area contributed by atoms with Gasteiger partial charge in [-0.15, -0.1) is 11.3 Å². The van der Waals surface area contributed by atoms with Gasteiger partial charge >= 0.3 is 10.1 Å². The van der Waals surface area contributed by atoms with Crippen LogP contribution in [0, 0.1) is 0 Å². The normalized spacial score (nSPS) is 12.7. The smallest absolute Gasteiger partial charge is 0.304 e. The average Bonchev–Trinajstić information content (AvgIpc) is 3.17. The van der Waals surface area contributed by atoms with Crippen molar-refractivity contribution in [3.8, 4) is 16.2 Å². The molecule has 0 spiro atoms. The molecule has 0 radical (unpaired) electrons. The molecule has 6 nitrogen and oxygen atoms in total. The molecule has 1 aromatic carbocycles. The summed E-state index contributed by atoms with van der Waals surface area (Å²) in [6.07, 6.45) is 4.22. The molecule has 3 aromatic rings. The zero-order valence-corrected chi connectivity index (χ0v) is 16.0. The van der Waals surface area contributed by atoms with Crippen LogP contribution in [0.1, 0.15) is 12.0 Å². The van der Waals surface area contributed by atoms with Crippen molar-refractivity contribution in [1.82, 2.24) is 4.98 Å². The molecule has 1 atom stereocenters. The molecule has 1 unspecified atom stereocenters. The van der Waals surface area contributed by atoms with Gasteiger partial charge in [-0.05, 0) is 66.4 Å². The molecule has 0 saturated heterocycles. The summed E-state index contributed by atoms with van der Waals surface area (Å²) in [5.74, 6) is 0.616. The van der Waals surface area contributed by atoms with E-state index in [4.69, 9.17) is 9.29 Å². The van der Waals surface area contributed by atoms with Crippen molar-refractivity contribution < 1.29 is 22.8 Å². The fraction of sp³-hybridized carbons (Fsp3) is 0.211. The van der Waals surface area contributed by atoms with Gasteiger partial charge in [0.05, 0.1) is 6.10 Å². The van der Waals surface area contributed by atoms with Crippen molar-refractivity contribution in [2.24, 2.45) is 0 Å². The summed E-state index contributed by atoms with van der Waals surface area (Å²) in [4.78, 5) is 4.77. The van der Waals surface area contributed by atoms with Gasteiger partial charge in [0.15, 0.2) is 0 Å². The predicted molar refractivity (Wildman–Crippen MR) is 104 cm³/mol. The first-order chi connectivity index (χ1) is 12.9. The maximum atomic E-state index is 11.1. The first-order valence-corrected chi connectivity index (χ1v) is 10.5. The van der Waals surface area contributed by atoms with Crippen LogP contribution in [-0.4, -0.2) is 35.8 Å². The van der Waals surface area contributed by atoms with Crippen LogP contribution in [0.2, 0.25) is 0 Å². The largest absolute Gasteiger partial charge is 0.491 e. The Hall–Kier alpha value is -2.26. The number of aryl methyl sites for hydroxylation is 1. The summed E-state index contributed by atoms with van der Waals surface area (Å²) in [6.45, 7) is 0.186. The number of ether oxygens (including phenoxy) is 1. The van der Waals surface area contributed by atoms with Crippen molar-refractivity contribution in [2.75, 3.05) is 6.61 Å². The van der Waals surface area contributed by atoms with E-state index in [1.165, 1.54) is 6.07 Å². The highest BCUT2D eigenvalue weighted by Gasteiger charge is 2.13. The molecule has 0 aliphatic carbocycles. The third kappa shape index (κ3) is 5.61. The topological polar surface area (TPSA) is 96.7 Å². The highest BCUT2D eigenvalue weighted by molar-refractivity contribution is 7.88. The molecule has 0 aliphatic rings. The molecule has 142 valence electrons. The average molecular weight is 405 g/mol. The molecule has 8 heteroatoms. The van der Waals surface area contributed by atoms with Gasteiger partial charge < -0.3 is 9.84 Å². The third-order valence-corrected chi connectivity index (χ3v) is 6.36. The fourth-order valence-corrected chi connectivity index (χ4v) is 4.16. The maximum absolute atomic E-state index is 11.1. The Morgan fingerprint density at radius 1 is 1.11 bits per heavy atom. The van der Waals surface area contributed by atoms with Crippen LogP contribution in [0.5, 0.6) is 5.75 Å². The number of hydrogen-bond acceptors (Lipinski definition) is 6. The van der Waals surface area contributed by atoms with Crippen LogP contribution in [-0.2, 0) is 16.5 Å². The monoisotopic (exact) mass is 405 g/mol. The quantitative estimate of drug-likeness (QED) is 0.558. The lowest BCUT2D eigenvalue weighted by molar-refractivity contribution is 0.100. The standard InChI is InChI=1S/C19H19NO5S2/c21-16(6-3-14-2-1-11-20-12-14)13-25-17-7-4-15(5-8-17)18-9-10-19(26-18)27(22,23)24/h1-2,4-5,7-12,16,21H,3,6,13H2,(H,22,23,24). The number of pyridine rings is 1. The lowest BCUT2D eigenvalue weighted by Gasteiger charge is -2.12. The minimum atomic E-state index is -4.18. The number of nitrogens with zero attached hydrogens (tertiary/aromatic N) is 1. The van der Waals surface area contributed by atoms with E-state index < -0.39 is 16.2 Å². The second kappa shape index (κ2) is 8.62. The van der Waals surface area contributed by atoms with E-state index in [0.717, 1.165) is 33.8 Å². The van der Waals surface area contributed by atoms with Crippen LogP contribution < -0.4 is 4.74 Å². The van der Waals surface area contributed by atoms with Crippen LogP contribution in [0.25, 0.3) is 10.4 Å². The van der Waals surface area contributed by atoms with E-state index in [1.807, 2.05) is 12.1 Å². The first-order valence-electron chi connectivity index (χ1n) is 8.29. The first kappa shape index (κ1) is 19.5. The van der Waals surface area contributed by atoms with Crippen molar-refractivity contribution in [3.05, 3.63) is 66.5 Å². The molecule has 0 amide bonds. The van der Waals surface area contributed by atoms with E-state index in [2.05, 4.69) is 4.98 Å². The van der Waals surface area contributed by atoms with Gasteiger partial charge in [0.1, 0.15) is 16.6 Å². The van der Waals surface area contributed by atoms with Gasteiger partial charge in [0.25, 0.3) is 0 Å². The Balaban J connectivity index is 1.52. The number of rotatable bonds is 8.